The number of aryl methyl sites for hydroxylation is 1. The molecule has 0 spiro atoms. The van der Waals surface area contributed by atoms with Gasteiger partial charge >= 0.3 is 6.36 Å². The summed E-state index contributed by atoms with van der Waals surface area (Å²) >= 11 is 0. The van der Waals surface area contributed by atoms with Crippen molar-refractivity contribution < 1.29 is 27.5 Å². The van der Waals surface area contributed by atoms with Gasteiger partial charge in [-0.1, -0.05) is 48.0 Å². The summed E-state index contributed by atoms with van der Waals surface area (Å²) in [5.74, 6) is -1.53. The summed E-state index contributed by atoms with van der Waals surface area (Å²) in [6.07, 6.45) is -3.30. The molecule has 0 aromatic heterocycles. The Balaban J connectivity index is 1.81. The number of amides is 2. The number of hydrogen-bond acceptors (Lipinski definition) is 3. The lowest BCUT2D eigenvalue weighted by atomic mass is 10.1. The van der Waals surface area contributed by atoms with Crippen LogP contribution >= 0.6 is 0 Å². The highest BCUT2D eigenvalue weighted by molar-refractivity contribution is 6.10. The molecule has 0 saturated heterocycles. The number of alkyl halides is 3. The van der Waals surface area contributed by atoms with Gasteiger partial charge in [-0.2, -0.15) is 0 Å². The normalized spacial score (nSPS) is 11.6. The number of ether oxygens (including phenoxy) is 1. The van der Waals surface area contributed by atoms with Gasteiger partial charge in [0.05, 0.1) is 0 Å². The number of anilines is 1. The largest absolute Gasteiger partial charge is 0.573 e. The van der Waals surface area contributed by atoms with Crippen molar-refractivity contribution >= 4 is 23.6 Å². The Morgan fingerprint density at radius 1 is 0.875 bits per heavy atom. The van der Waals surface area contributed by atoms with Crippen LogP contribution in [0.2, 0.25) is 0 Å². The standard InChI is InChI=1S/C24H19F3N2O3/c1-16-7-9-17(10-8-16)15-21(29-22(30)18-5-3-2-4-6-18)23(31)28-19-11-13-20(14-12-19)32-24(25,26)27/h2-15H,1H3,(H,28,31)(H,29,30). The average molecular weight is 440 g/mol. The minimum atomic E-state index is -4.81. The van der Waals surface area contributed by atoms with Gasteiger partial charge in [-0.25, -0.2) is 0 Å². The first-order chi connectivity index (χ1) is 15.2. The smallest absolute Gasteiger partial charge is 0.406 e. The molecule has 0 bridgehead atoms. The van der Waals surface area contributed by atoms with Crippen molar-refractivity contribution in [1.82, 2.24) is 5.32 Å². The van der Waals surface area contributed by atoms with Crippen LogP contribution in [0.1, 0.15) is 21.5 Å². The van der Waals surface area contributed by atoms with E-state index in [0.29, 0.717) is 11.1 Å². The topological polar surface area (TPSA) is 67.4 Å². The zero-order chi connectivity index (χ0) is 23.1. The highest BCUT2D eigenvalue weighted by Gasteiger charge is 2.31. The van der Waals surface area contributed by atoms with Gasteiger partial charge in [-0.3, -0.25) is 9.59 Å². The highest BCUT2D eigenvalue weighted by Crippen LogP contribution is 2.24. The molecule has 2 N–H and O–H groups in total. The van der Waals surface area contributed by atoms with Crippen LogP contribution in [0, 0.1) is 6.92 Å². The number of halogens is 3. The van der Waals surface area contributed by atoms with E-state index in [2.05, 4.69) is 15.4 Å². The Morgan fingerprint density at radius 3 is 2.09 bits per heavy atom. The van der Waals surface area contributed by atoms with E-state index in [1.54, 1.807) is 42.5 Å². The molecule has 0 aliphatic carbocycles. The molecule has 0 saturated carbocycles. The molecule has 0 atom stereocenters. The molecule has 0 heterocycles. The van der Waals surface area contributed by atoms with Crippen LogP contribution in [-0.4, -0.2) is 18.2 Å². The van der Waals surface area contributed by atoms with Crippen molar-refractivity contribution in [2.24, 2.45) is 0 Å². The minimum absolute atomic E-state index is 0.0293. The van der Waals surface area contributed by atoms with Crippen LogP contribution < -0.4 is 15.4 Å². The average Bonchev–Trinajstić information content (AvgIpc) is 2.75. The molecule has 8 heteroatoms. The predicted molar refractivity (Wildman–Crippen MR) is 115 cm³/mol. The molecule has 164 valence electrons. The molecule has 0 unspecified atom stereocenters. The van der Waals surface area contributed by atoms with Crippen LogP contribution in [0.25, 0.3) is 6.08 Å². The van der Waals surface area contributed by atoms with Gasteiger partial charge < -0.3 is 15.4 Å². The van der Waals surface area contributed by atoms with Crippen LogP contribution in [0.15, 0.2) is 84.6 Å². The maximum absolute atomic E-state index is 12.9. The number of rotatable bonds is 6. The van der Waals surface area contributed by atoms with Gasteiger partial charge in [0.2, 0.25) is 0 Å². The first-order valence-corrected chi connectivity index (χ1v) is 9.51. The first-order valence-electron chi connectivity index (χ1n) is 9.51. The van der Waals surface area contributed by atoms with E-state index in [0.717, 1.165) is 17.7 Å². The maximum atomic E-state index is 12.9. The Labute approximate surface area is 182 Å². The van der Waals surface area contributed by atoms with E-state index in [-0.39, 0.29) is 11.4 Å². The maximum Gasteiger partial charge on any atom is 0.573 e. The zero-order valence-electron chi connectivity index (χ0n) is 16.9. The fourth-order valence-electron chi connectivity index (χ4n) is 2.71. The van der Waals surface area contributed by atoms with Gasteiger partial charge in [0.25, 0.3) is 11.8 Å². The molecule has 32 heavy (non-hydrogen) atoms. The summed E-state index contributed by atoms with van der Waals surface area (Å²) in [4.78, 5) is 25.4. The van der Waals surface area contributed by atoms with E-state index < -0.39 is 23.9 Å². The van der Waals surface area contributed by atoms with E-state index in [1.807, 2.05) is 19.1 Å². The second-order valence-corrected chi connectivity index (χ2v) is 6.82. The third kappa shape index (κ3) is 6.73. The Bertz CT molecular complexity index is 1110. The van der Waals surface area contributed by atoms with Gasteiger partial charge in [0.15, 0.2) is 0 Å². The first kappa shape index (κ1) is 22.6. The highest BCUT2D eigenvalue weighted by atomic mass is 19.4. The summed E-state index contributed by atoms with van der Waals surface area (Å²) in [5.41, 5.74) is 2.28. The molecular formula is C24H19F3N2O3. The van der Waals surface area contributed by atoms with Crippen molar-refractivity contribution in [3.05, 3.63) is 101 Å². The van der Waals surface area contributed by atoms with E-state index in [9.17, 15) is 22.8 Å². The van der Waals surface area contributed by atoms with Crippen LogP contribution in [0.3, 0.4) is 0 Å². The summed E-state index contributed by atoms with van der Waals surface area (Å²) in [7, 11) is 0. The number of benzene rings is 3. The molecule has 0 fully saturated rings. The zero-order valence-corrected chi connectivity index (χ0v) is 16.9. The number of carbonyl (C=O) groups is 2. The summed E-state index contributed by atoms with van der Waals surface area (Å²) in [6, 6.07) is 20.4. The molecule has 5 nitrogen and oxygen atoms in total. The third-order valence-electron chi connectivity index (χ3n) is 4.26. The van der Waals surface area contributed by atoms with Crippen molar-refractivity contribution in [2.45, 2.75) is 13.3 Å². The molecular weight excluding hydrogens is 421 g/mol. The lowest BCUT2D eigenvalue weighted by Crippen LogP contribution is -2.30. The van der Waals surface area contributed by atoms with Gasteiger partial charge in [0.1, 0.15) is 11.4 Å². The molecule has 2 amide bonds. The summed E-state index contributed by atoms with van der Waals surface area (Å²) in [5, 5.41) is 5.16. The second kappa shape index (κ2) is 9.82. The predicted octanol–water partition coefficient (Wildman–Crippen LogP) is 5.30. The van der Waals surface area contributed by atoms with Crippen molar-refractivity contribution in [1.29, 1.82) is 0 Å². The van der Waals surface area contributed by atoms with Crippen LogP contribution in [0.5, 0.6) is 5.75 Å². The molecule has 3 rings (SSSR count). The lowest BCUT2D eigenvalue weighted by molar-refractivity contribution is -0.274. The monoisotopic (exact) mass is 440 g/mol. The van der Waals surface area contributed by atoms with Crippen molar-refractivity contribution in [3.8, 4) is 5.75 Å². The van der Waals surface area contributed by atoms with Gasteiger partial charge in [0, 0.05) is 11.3 Å². The molecule has 3 aromatic rings. The van der Waals surface area contributed by atoms with E-state index in [4.69, 9.17) is 0 Å². The SMILES string of the molecule is Cc1ccc(C=C(NC(=O)c2ccccc2)C(=O)Nc2ccc(OC(F)(F)F)cc2)cc1. The minimum Gasteiger partial charge on any atom is -0.406 e. The van der Waals surface area contributed by atoms with Crippen molar-refractivity contribution in [3.63, 3.8) is 0 Å². The van der Waals surface area contributed by atoms with Gasteiger partial charge in [-0.15, -0.1) is 13.2 Å². The Hall–Kier alpha value is -4.07. The number of carbonyl (C=O) groups excluding carboxylic acids is 2. The van der Waals surface area contributed by atoms with Crippen molar-refractivity contribution in [2.75, 3.05) is 5.32 Å². The number of nitrogens with one attached hydrogen (secondary N) is 2. The van der Waals surface area contributed by atoms with E-state index in [1.165, 1.54) is 18.2 Å². The lowest BCUT2D eigenvalue weighted by Gasteiger charge is -2.12. The van der Waals surface area contributed by atoms with E-state index >= 15 is 0 Å². The molecule has 0 aliphatic rings. The fourth-order valence-corrected chi connectivity index (χ4v) is 2.71. The van der Waals surface area contributed by atoms with Crippen LogP contribution in [-0.2, 0) is 4.79 Å². The quantitative estimate of drug-likeness (QED) is 0.511. The fraction of sp³-hybridized carbons (Fsp3) is 0.0833. The summed E-state index contributed by atoms with van der Waals surface area (Å²) < 4.78 is 40.8. The van der Waals surface area contributed by atoms with Crippen LogP contribution in [0.4, 0.5) is 18.9 Å². The third-order valence-corrected chi connectivity index (χ3v) is 4.26. The van der Waals surface area contributed by atoms with Gasteiger partial charge in [-0.05, 0) is 55.0 Å². The molecule has 0 aliphatic heterocycles. The number of hydrogen-bond donors (Lipinski definition) is 2. The molecule has 0 radical (unpaired) electrons. The molecule has 3 aromatic carbocycles. The second-order valence-electron chi connectivity index (χ2n) is 6.82. The Morgan fingerprint density at radius 2 is 1.50 bits per heavy atom. The Kier molecular flexibility index (Phi) is 6.94. The summed E-state index contributed by atoms with van der Waals surface area (Å²) in [6.45, 7) is 1.92.